The first kappa shape index (κ1) is 14.0. The van der Waals surface area contributed by atoms with Gasteiger partial charge in [0.05, 0.1) is 15.7 Å². The second kappa shape index (κ2) is 4.90. The van der Waals surface area contributed by atoms with Gasteiger partial charge in [0.15, 0.2) is 0 Å². The molecule has 19 heavy (non-hydrogen) atoms. The molecule has 100 valence electrons. The number of anilines is 1. The molecule has 0 aromatic heterocycles. The van der Waals surface area contributed by atoms with Gasteiger partial charge < -0.3 is 4.90 Å². The van der Waals surface area contributed by atoms with Crippen molar-refractivity contribution < 1.29 is 17.1 Å². The Morgan fingerprint density at radius 3 is 2.68 bits per heavy atom. The normalized spacial score (nSPS) is 19.5. The summed E-state index contributed by atoms with van der Waals surface area (Å²) in [5.41, 5.74) is 0.687. The number of benzene rings is 1. The van der Waals surface area contributed by atoms with Crippen molar-refractivity contribution in [1.29, 1.82) is 5.26 Å². The van der Waals surface area contributed by atoms with E-state index in [1.165, 1.54) is 4.90 Å². The van der Waals surface area contributed by atoms with Crippen molar-refractivity contribution in [1.82, 2.24) is 0 Å². The fraction of sp³-hybridized carbons (Fsp3) is 0.273. The van der Waals surface area contributed by atoms with Crippen LogP contribution in [0.5, 0.6) is 0 Å². The number of nitriles is 1. The molecule has 1 aliphatic rings. The highest BCUT2D eigenvalue weighted by Gasteiger charge is 2.39. The Hall–Kier alpha value is -1.46. The van der Waals surface area contributed by atoms with Gasteiger partial charge in [-0.25, -0.2) is 0 Å². The molecule has 0 spiro atoms. The summed E-state index contributed by atoms with van der Waals surface area (Å²) >= 11 is 3.19. The predicted octanol–water partition coefficient (Wildman–Crippen LogP) is 1.73. The summed E-state index contributed by atoms with van der Waals surface area (Å²) in [6.45, 7) is -0.245. The number of halogens is 2. The molecule has 0 bridgehead atoms. The number of rotatable bonds is 2. The summed E-state index contributed by atoms with van der Waals surface area (Å²) in [6.07, 6.45) is -0.387. The number of hydrogen-bond donors (Lipinski definition) is 0. The lowest BCUT2D eigenvalue weighted by Crippen LogP contribution is -2.27. The Labute approximate surface area is 118 Å². The summed E-state index contributed by atoms with van der Waals surface area (Å²) in [5.74, 6) is -0.484. The lowest BCUT2D eigenvalue weighted by atomic mass is 10.2. The Bertz CT molecular complexity index is 684. The molecule has 8 heteroatoms. The Morgan fingerprint density at radius 2 is 2.16 bits per heavy atom. The average molecular weight is 347 g/mol. The molecule has 0 N–H and O–H groups in total. The van der Waals surface area contributed by atoms with Crippen molar-refractivity contribution in [3.8, 4) is 6.07 Å². The molecule has 1 fully saturated rings. The minimum absolute atomic E-state index is 0.245. The van der Waals surface area contributed by atoms with E-state index in [0.29, 0.717) is 15.7 Å². The summed E-state index contributed by atoms with van der Waals surface area (Å²) in [7, 11) is -4.75. The van der Waals surface area contributed by atoms with Crippen LogP contribution in [-0.2, 0) is 15.0 Å². The molecule has 2 rings (SSSR count). The van der Waals surface area contributed by atoms with E-state index in [-0.39, 0.29) is 13.0 Å². The number of carbonyl (C=O) groups excluding carboxylic acids is 1. The Morgan fingerprint density at radius 1 is 1.47 bits per heavy atom. The first-order valence-corrected chi connectivity index (χ1v) is 7.51. The quantitative estimate of drug-likeness (QED) is 0.764. The first-order valence-electron chi connectivity index (χ1n) is 5.27. The van der Waals surface area contributed by atoms with Gasteiger partial charge in [-0.2, -0.15) is 13.7 Å². The molecule has 1 aromatic rings. The van der Waals surface area contributed by atoms with Crippen molar-refractivity contribution in [2.75, 3.05) is 11.4 Å². The van der Waals surface area contributed by atoms with Gasteiger partial charge in [0.1, 0.15) is 11.3 Å². The highest BCUT2D eigenvalue weighted by Crippen LogP contribution is 2.33. The average Bonchev–Trinajstić information content (AvgIpc) is 2.71. The minimum atomic E-state index is -4.75. The third-order valence-corrected chi connectivity index (χ3v) is 4.82. The number of carbonyl (C=O) groups is 1. The number of nitrogens with zero attached hydrogens (tertiary/aromatic N) is 2. The zero-order chi connectivity index (χ0) is 14.2. The van der Waals surface area contributed by atoms with Gasteiger partial charge in [-0.1, -0.05) is 6.07 Å². The molecule has 0 aliphatic carbocycles. The minimum Gasteiger partial charge on any atom is -0.310 e. The van der Waals surface area contributed by atoms with E-state index in [0.717, 1.165) is 0 Å². The second-order valence-corrected chi connectivity index (χ2v) is 6.47. The third kappa shape index (κ3) is 2.62. The summed E-state index contributed by atoms with van der Waals surface area (Å²) in [4.78, 5) is 12.9. The zero-order valence-electron chi connectivity index (χ0n) is 9.51. The molecule has 5 nitrogen and oxygen atoms in total. The van der Waals surface area contributed by atoms with Crippen LogP contribution in [0.1, 0.15) is 12.0 Å². The molecule has 0 radical (unpaired) electrons. The largest absolute Gasteiger partial charge is 0.310 e. The zero-order valence-corrected chi connectivity index (χ0v) is 11.9. The topological polar surface area (TPSA) is 78.2 Å². The van der Waals surface area contributed by atoms with Crippen LogP contribution in [0.2, 0.25) is 0 Å². The second-order valence-electron chi connectivity index (χ2n) is 4.06. The molecule has 1 aliphatic heterocycles. The molecule has 1 amide bonds. The van der Waals surface area contributed by atoms with E-state index in [1.807, 2.05) is 6.07 Å². The maximum Gasteiger partial charge on any atom is 0.307 e. The monoisotopic (exact) mass is 346 g/mol. The van der Waals surface area contributed by atoms with E-state index in [9.17, 15) is 17.1 Å². The summed E-state index contributed by atoms with van der Waals surface area (Å²) in [5, 5.41) is 7.54. The van der Waals surface area contributed by atoms with E-state index in [2.05, 4.69) is 15.9 Å². The summed E-state index contributed by atoms with van der Waals surface area (Å²) in [6, 6.07) is 6.63. The van der Waals surface area contributed by atoms with Gasteiger partial charge >= 0.3 is 10.2 Å². The van der Waals surface area contributed by atoms with E-state index >= 15 is 0 Å². The van der Waals surface area contributed by atoms with Crippen LogP contribution < -0.4 is 4.90 Å². The number of hydrogen-bond acceptors (Lipinski definition) is 4. The Kier molecular flexibility index (Phi) is 3.60. The fourth-order valence-electron chi connectivity index (χ4n) is 1.91. The van der Waals surface area contributed by atoms with Crippen molar-refractivity contribution in [3.63, 3.8) is 0 Å². The van der Waals surface area contributed by atoms with Crippen molar-refractivity contribution >= 4 is 37.7 Å². The lowest BCUT2D eigenvalue weighted by Gasteiger charge is -2.18. The van der Waals surface area contributed by atoms with Crippen LogP contribution in [0.3, 0.4) is 0 Å². The molecular weight excluding hydrogens is 339 g/mol. The highest BCUT2D eigenvalue weighted by atomic mass is 79.9. The van der Waals surface area contributed by atoms with E-state index in [1.54, 1.807) is 18.2 Å². The van der Waals surface area contributed by atoms with Gasteiger partial charge in [-0.3, -0.25) is 4.79 Å². The van der Waals surface area contributed by atoms with Crippen LogP contribution in [0.25, 0.3) is 0 Å². The highest BCUT2D eigenvalue weighted by molar-refractivity contribution is 9.10. The van der Waals surface area contributed by atoms with Crippen LogP contribution in [0.4, 0.5) is 9.57 Å². The fourth-order valence-corrected chi connectivity index (χ4v) is 3.15. The van der Waals surface area contributed by atoms with Crippen LogP contribution in [-0.4, -0.2) is 26.1 Å². The van der Waals surface area contributed by atoms with Crippen molar-refractivity contribution in [3.05, 3.63) is 28.2 Å². The molecular formula is C11H8BrFN2O3S. The van der Waals surface area contributed by atoms with E-state index in [4.69, 9.17) is 5.26 Å². The van der Waals surface area contributed by atoms with Crippen molar-refractivity contribution in [2.24, 2.45) is 0 Å². The molecule has 1 saturated heterocycles. The molecule has 1 heterocycles. The first-order chi connectivity index (χ1) is 8.84. The predicted molar refractivity (Wildman–Crippen MR) is 69.6 cm³/mol. The van der Waals surface area contributed by atoms with Crippen LogP contribution in [0.15, 0.2) is 22.7 Å². The van der Waals surface area contributed by atoms with Gasteiger partial charge in [0.25, 0.3) is 0 Å². The van der Waals surface area contributed by atoms with Gasteiger partial charge in [-0.15, -0.1) is 3.89 Å². The third-order valence-electron chi connectivity index (χ3n) is 2.88. The van der Waals surface area contributed by atoms with Crippen molar-refractivity contribution in [2.45, 2.75) is 11.7 Å². The van der Waals surface area contributed by atoms with Gasteiger partial charge in [0.2, 0.25) is 5.91 Å². The Balaban J connectivity index is 2.40. The van der Waals surface area contributed by atoms with Crippen LogP contribution in [0, 0.1) is 11.3 Å². The molecule has 0 saturated carbocycles. The van der Waals surface area contributed by atoms with Crippen LogP contribution >= 0.6 is 15.9 Å². The lowest BCUT2D eigenvalue weighted by molar-refractivity contribution is -0.117. The van der Waals surface area contributed by atoms with E-state index < -0.39 is 21.4 Å². The summed E-state index contributed by atoms with van der Waals surface area (Å²) < 4.78 is 35.0. The smallest absolute Gasteiger partial charge is 0.307 e. The maximum atomic E-state index is 12.9. The molecule has 1 unspecified atom stereocenters. The standard InChI is InChI=1S/C11H8BrFN2O3S/c12-11-7(5-14)2-1-3-9(11)15-6-8(4-10(15)16)19(13,17)18/h1-3,8H,4,6H2. The number of amides is 1. The van der Waals surface area contributed by atoms with Gasteiger partial charge in [0, 0.05) is 13.0 Å². The molecule has 1 atom stereocenters. The molecule has 1 aromatic carbocycles. The SMILES string of the molecule is N#Cc1cccc(N2CC(S(=O)(=O)F)CC2=O)c1Br. The van der Waals surface area contributed by atoms with Gasteiger partial charge in [-0.05, 0) is 28.1 Å². The maximum absolute atomic E-state index is 12.9.